The molecule has 72 valence electrons. The molecule has 1 heterocycles. The van der Waals surface area contributed by atoms with Gasteiger partial charge in [-0.1, -0.05) is 12.1 Å². The standard InChI is InChI=1S/C12H13NS/c1-8-6-12(14-7-8)10-4-3-5-11(13)9(10)2/h3-7H,13H2,1-2H3. The van der Waals surface area contributed by atoms with E-state index >= 15 is 0 Å². The van der Waals surface area contributed by atoms with Gasteiger partial charge in [0.2, 0.25) is 0 Å². The van der Waals surface area contributed by atoms with Crippen molar-refractivity contribution in [3.63, 3.8) is 0 Å². The molecular weight excluding hydrogens is 190 g/mol. The molecule has 0 amide bonds. The highest BCUT2D eigenvalue weighted by Gasteiger charge is 2.05. The Labute approximate surface area is 88.2 Å². The van der Waals surface area contributed by atoms with E-state index in [9.17, 15) is 0 Å². The van der Waals surface area contributed by atoms with Gasteiger partial charge in [0.05, 0.1) is 0 Å². The summed E-state index contributed by atoms with van der Waals surface area (Å²) in [6.45, 7) is 4.18. The van der Waals surface area contributed by atoms with Crippen LogP contribution in [-0.4, -0.2) is 0 Å². The number of nitrogen functional groups attached to an aromatic ring is 1. The van der Waals surface area contributed by atoms with Crippen molar-refractivity contribution in [1.29, 1.82) is 0 Å². The zero-order chi connectivity index (χ0) is 10.1. The third-order valence-electron chi connectivity index (χ3n) is 2.37. The van der Waals surface area contributed by atoms with Crippen molar-refractivity contribution >= 4 is 17.0 Å². The summed E-state index contributed by atoms with van der Waals surface area (Å²) in [6, 6.07) is 8.27. The highest BCUT2D eigenvalue weighted by atomic mass is 32.1. The van der Waals surface area contributed by atoms with E-state index in [1.807, 2.05) is 12.1 Å². The Morgan fingerprint density at radius 2 is 2.00 bits per heavy atom. The normalized spacial score (nSPS) is 10.4. The van der Waals surface area contributed by atoms with Gasteiger partial charge < -0.3 is 5.73 Å². The van der Waals surface area contributed by atoms with Gasteiger partial charge in [-0.25, -0.2) is 0 Å². The maximum absolute atomic E-state index is 5.87. The summed E-state index contributed by atoms with van der Waals surface area (Å²) in [4.78, 5) is 1.30. The zero-order valence-corrected chi connectivity index (χ0v) is 9.19. The summed E-state index contributed by atoms with van der Waals surface area (Å²) in [6.07, 6.45) is 0. The minimum absolute atomic E-state index is 0.869. The van der Waals surface area contributed by atoms with Gasteiger partial charge in [-0.15, -0.1) is 11.3 Å². The number of nitrogens with two attached hydrogens (primary N) is 1. The number of rotatable bonds is 1. The summed E-state index contributed by atoms with van der Waals surface area (Å²) in [5.41, 5.74) is 10.5. The van der Waals surface area contributed by atoms with E-state index in [0.29, 0.717) is 0 Å². The lowest BCUT2D eigenvalue weighted by atomic mass is 10.1. The molecule has 0 unspecified atom stereocenters. The summed E-state index contributed by atoms with van der Waals surface area (Å²) < 4.78 is 0. The third-order valence-corrected chi connectivity index (χ3v) is 3.45. The molecular formula is C12H13NS. The van der Waals surface area contributed by atoms with Crippen LogP contribution in [-0.2, 0) is 0 Å². The lowest BCUT2D eigenvalue weighted by molar-refractivity contribution is 1.47. The predicted octanol–water partition coefficient (Wildman–Crippen LogP) is 3.61. The minimum atomic E-state index is 0.869. The van der Waals surface area contributed by atoms with Crippen LogP contribution in [0.5, 0.6) is 0 Å². The SMILES string of the molecule is Cc1csc(-c2cccc(N)c2C)c1. The lowest BCUT2D eigenvalue weighted by Crippen LogP contribution is -1.90. The molecule has 0 atom stereocenters. The van der Waals surface area contributed by atoms with Crippen molar-refractivity contribution in [3.05, 3.63) is 40.8 Å². The Kier molecular flexibility index (Phi) is 2.30. The summed E-state index contributed by atoms with van der Waals surface area (Å²) in [5, 5.41) is 2.16. The maximum atomic E-state index is 5.87. The second-order valence-corrected chi connectivity index (χ2v) is 4.42. The molecule has 0 fully saturated rings. The molecule has 0 aliphatic heterocycles. The molecule has 0 saturated heterocycles. The summed E-state index contributed by atoms with van der Waals surface area (Å²) in [5.74, 6) is 0. The molecule has 1 nitrogen and oxygen atoms in total. The molecule has 0 saturated carbocycles. The molecule has 1 aromatic carbocycles. The number of benzene rings is 1. The second-order valence-electron chi connectivity index (χ2n) is 3.51. The van der Waals surface area contributed by atoms with E-state index in [1.165, 1.54) is 21.6 Å². The molecule has 2 rings (SSSR count). The molecule has 0 radical (unpaired) electrons. The van der Waals surface area contributed by atoms with Crippen LogP contribution < -0.4 is 5.73 Å². The Bertz CT molecular complexity index is 457. The van der Waals surface area contributed by atoms with Crippen LogP contribution in [0.25, 0.3) is 10.4 Å². The zero-order valence-electron chi connectivity index (χ0n) is 8.37. The Morgan fingerprint density at radius 1 is 1.21 bits per heavy atom. The van der Waals surface area contributed by atoms with E-state index in [2.05, 4.69) is 31.4 Å². The number of aryl methyl sites for hydroxylation is 1. The van der Waals surface area contributed by atoms with Gasteiger partial charge in [0.15, 0.2) is 0 Å². The fraction of sp³-hybridized carbons (Fsp3) is 0.167. The third kappa shape index (κ3) is 1.53. The van der Waals surface area contributed by atoms with E-state index in [0.717, 1.165) is 5.69 Å². The molecule has 0 bridgehead atoms. The Hall–Kier alpha value is -1.28. The van der Waals surface area contributed by atoms with Crippen LogP contribution in [0.15, 0.2) is 29.6 Å². The monoisotopic (exact) mass is 203 g/mol. The average molecular weight is 203 g/mol. The molecule has 0 aliphatic carbocycles. The highest BCUT2D eigenvalue weighted by molar-refractivity contribution is 7.13. The molecule has 2 aromatic rings. The van der Waals surface area contributed by atoms with Crippen LogP contribution in [0.2, 0.25) is 0 Å². The Balaban J connectivity index is 2.57. The van der Waals surface area contributed by atoms with Crippen molar-refractivity contribution in [2.24, 2.45) is 0 Å². The van der Waals surface area contributed by atoms with Crippen molar-refractivity contribution < 1.29 is 0 Å². The fourth-order valence-electron chi connectivity index (χ4n) is 1.49. The largest absolute Gasteiger partial charge is 0.398 e. The van der Waals surface area contributed by atoms with Crippen molar-refractivity contribution in [2.45, 2.75) is 13.8 Å². The van der Waals surface area contributed by atoms with Gasteiger partial charge in [0, 0.05) is 10.6 Å². The number of thiophene rings is 1. The first kappa shape index (κ1) is 9.28. The van der Waals surface area contributed by atoms with Crippen LogP contribution >= 0.6 is 11.3 Å². The average Bonchev–Trinajstić information content (AvgIpc) is 2.57. The first-order valence-electron chi connectivity index (χ1n) is 4.59. The van der Waals surface area contributed by atoms with Crippen molar-refractivity contribution in [2.75, 3.05) is 5.73 Å². The van der Waals surface area contributed by atoms with Crippen molar-refractivity contribution in [1.82, 2.24) is 0 Å². The van der Waals surface area contributed by atoms with Gasteiger partial charge in [-0.05, 0) is 48.1 Å². The first-order chi connectivity index (χ1) is 6.68. The first-order valence-corrected chi connectivity index (χ1v) is 5.47. The van der Waals surface area contributed by atoms with E-state index in [-0.39, 0.29) is 0 Å². The van der Waals surface area contributed by atoms with Gasteiger partial charge >= 0.3 is 0 Å². The molecule has 2 N–H and O–H groups in total. The molecule has 14 heavy (non-hydrogen) atoms. The van der Waals surface area contributed by atoms with E-state index in [1.54, 1.807) is 11.3 Å². The summed E-state index contributed by atoms with van der Waals surface area (Å²) in [7, 11) is 0. The quantitative estimate of drug-likeness (QED) is 0.704. The van der Waals surface area contributed by atoms with E-state index in [4.69, 9.17) is 5.73 Å². The number of hydrogen-bond acceptors (Lipinski definition) is 2. The molecule has 0 spiro atoms. The van der Waals surface area contributed by atoms with Crippen LogP contribution in [0.4, 0.5) is 5.69 Å². The number of hydrogen-bond donors (Lipinski definition) is 1. The molecule has 0 aliphatic rings. The maximum Gasteiger partial charge on any atom is 0.0350 e. The van der Waals surface area contributed by atoms with Crippen LogP contribution in [0, 0.1) is 13.8 Å². The smallest absolute Gasteiger partial charge is 0.0350 e. The number of anilines is 1. The van der Waals surface area contributed by atoms with Crippen LogP contribution in [0.3, 0.4) is 0 Å². The lowest BCUT2D eigenvalue weighted by Gasteiger charge is -2.05. The van der Waals surface area contributed by atoms with Gasteiger partial charge in [0.25, 0.3) is 0 Å². The topological polar surface area (TPSA) is 26.0 Å². The minimum Gasteiger partial charge on any atom is -0.398 e. The van der Waals surface area contributed by atoms with Gasteiger partial charge in [-0.2, -0.15) is 0 Å². The molecule has 1 aromatic heterocycles. The predicted molar refractivity (Wildman–Crippen MR) is 63.6 cm³/mol. The highest BCUT2D eigenvalue weighted by Crippen LogP contribution is 2.31. The van der Waals surface area contributed by atoms with Crippen molar-refractivity contribution in [3.8, 4) is 10.4 Å². The van der Waals surface area contributed by atoms with Gasteiger partial charge in [0.1, 0.15) is 0 Å². The van der Waals surface area contributed by atoms with Gasteiger partial charge in [-0.3, -0.25) is 0 Å². The Morgan fingerprint density at radius 3 is 2.64 bits per heavy atom. The fourth-order valence-corrected chi connectivity index (χ4v) is 2.48. The van der Waals surface area contributed by atoms with E-state index < -0.39 is 0 Å². The second kappa shape index (κ2) is 3.46. The van der Waals surface area contributed by atoms with Crippen LogP contribution in [0.1, 0.15) is 11.1 Å². The molecule has 2 heteroatoms. The summed E-state index contributed by atoms with van der Waals surface area (Å²) >= 11 is 1.77.